The number of nitrogens with one attached hydrogen (secondary N) is 1. The molecule has 0 saturated heterocycles. The highest BCUT2D eigenvalue weighted by Crippen LogP contribution is 2.22. The molecule has 1 rings (SSSR count). The fourth-order valence-corrected chi connectivity index (χ4v) is 1.62. The van der Waals surface area contributed by atoms with Crippen LogP contribution in [0.4, 0.5) is 19.0 Å². The van der Waals surface area contributed by atoms with Crippen LogP contribution in [0.1, 0.15) is 26.3 Å². The van der Waals surface area contributed by atoms with E-state index in [1.54, 1.807) is 12.1 Å². The van der Waals surface area contributed by atoms with Crippen LogP contribution in [0, 0.1) is 0 Å². The first-order valence-electron chi connectivity index (χ1n) is 6.05. The summed E-state index contributed by atoms with van der Waals surface area (Å²) in [6.45, 7) is 5.48. The second kappa shape index (κ2) is 5.77. The Bertz CT molecular complexity index is 410. The van der Waals surface area contributed by atoms with Crippen molar-refractivity contribution in [2.45, 2.75) is 39.0 Å². The molecule has 0 unspecified atom stereocenters. The van der Waals surface area contributed by atoms with Crippen molar-refractivity contribution in [3.8, 4) is 0 Å². The molecule has 0 aromatic carbocycles. The zero-order valence-electron chi connectivity index (χ0n) is 11.7. The van der Waals surface area contributed by atoms with Gasteiger partial charge in [0.15, 0.2) is 0 Å². The minimum Gasteiger partial charge on any atom is -0.350 e. The lowest BCUT2D eigenvalue weighted by Gasteiger charge is -2.25. The van der Waals surface area contributed by atoms with Gasteiger partial charge in [0.2, 0.25) is 0 Å². The smallest absolute Gasteiger partial charge is 0.350 e. The molecule has 0 atom stereocenters. The maximum atomic E-state index is 12.4. The van der Waals surface area contributed by atoms with Crippen LogP contribution in [-0.4, -0.2) is 30.3 Å². The number of nitrogens with zero attached hydrogens (tertiary/aromatic N) is 2. The van der Waals surface area contributed by atoms with Crippen molar-refractivity contribution < 1.29 is 13.2 Å². The summed E-state index contributed by atoms with van der Waals surface area (Å²) in [6.07, 6.45) is -2.73. The number of aromatic nitrogens is 1. The highest BCUT2D eigenvalue weighted by molar-refractivity contribution is 5.46. The van der Waals surface area contributed by atoms with E-state index in [0.29, 0.717) is 12.4 Å². The molecular formula is C13H20F3N3. The Kier molecular flexibility index (Phi) is 4.79. The molecule has 0 aliphatic heterocycles. The van der Waals surface area contributed by atoms with Gasteiger partial charge >= 0.3 is 6.18 Å². The number of rotatable bonds is 4. The third-order valence-electron chi connectivity index (χ3n) is 2.45. The maximum Gasteiger partial charge on any atom is 0.405 e. The van der Waals surface area contributed by atoms with E-state index in [-0.39, 0.29) is 5.54 Å². The summed E-state index contributed by atoms with van der Waals surface area (Å²) >= 11 is 0. The number of hydrogen-bond acceptors (Lipinski definition) is 3. The summed E-state index contributed by atoms with van der Waals surface area (Å²) in [7, 11) is 1.40. The topological polar surface area (TPSA) is 28.2 Å². The summed E-state index contributed by atoms with van der Waals surface area (Å²) in [5.41, 5.74) is 0.652. The maximum absolute atomic E-state index is 12.4. The molecule has 0 saturated carbocycles. The third kappa shape index (κ3) is 5.92. The van der Waals surface area contributed by atoms with Gasteiger partial charge < -0.3 is 10.2 Å². The summed E-state index contributed by atoms with van der Waals surface area (Å²) < 4.78 is 37.2. The van der Waals surface area contributed by atoms with Gasteiger partial charge in [-0.15, -0.1) is 0 Å². The van der Waals surface area contributed by atoms with Crippen molar-refractivity contribution >= 4 is 5.82 Å². The van der Waals surface area contributed by atoms with E-state index in [9.17, 15) is 13.2 Å². The SMILES string of the molecule is CN(CC(F)(F)F)c1ncccc1CNC(C)(C)C. The van der Waals surface area contributed by atoms with Crippen molar-refractivity contribution in [1.29, 1.82) is 0 Å². The van der Waals surface area contributed by atoms with Gasteiger partial charge in [0, 0.05) is 30.9 Å². The molecule has 1 aromatic rings. The number of alkyl halides is 3. The van der Waals surface area contributed by atoms with Crippen molar-refractivity contribution in [2.24, 2.45) is 0 Å². The largest absolute Gasteiger partial charge is 0.405 e. The lowest BCUT2D eigenvalue weighted by molar-refractivity contribution is -0.119. The van der Waals surface area contributed by atoms with Crippen molar-refractivity contribution in [1.82, 2.24) is 10.3 Å². The molecule has 1 heterocycles. The lowest BCUT2D eigenvalue weighted by atomic mass is 10.1. The second-order valence-electron chi connectivity index (χ2n) is 5.56. The molecule has 6 heteroatoms. The van der Waals surface area contributed by atoms with Gasteiger partial charge in [0.1, 0.15) is 12.4 Å². The van der Waals surface area contributed by atoms with Crippen LogP contribution >= 0.6 is 0 Å². The molecule has 0 fully saturated rings. The highest BCUT2D eigenvalue weighted by atomic mass is 19.4. The van der Waals surface area contributed by atoms with E-state index in [1.165, 1.54) is 13.2 Å². The zero-order chi connectivity index (χ0) is 14.7. The molecule has 0 spiro atoms. The predicted octanol–water partition coefficient (Wildman–Crippen LogP) is 2.97. The van der Waals surface area contributed by atoms with E-state index in [4.69, 9.17) is 0 Å². The standard InChI is InChI=1S/C13H20F3N3/c1-12(2,3)18-8-10-6-5-7-17-11(10)19(4)9-13(14,15)16/h5-7,18H,8-9H2,1-4H3. The van der Waals surface area contributed by atoms with Crippen LogP contribution < -0.4 is 10.2 Å². The summed E-state index contributed by atoms with van der Waals surface area (Å²) in [6, 6.07) is 3.51. The molecule has 1 N–H and O–H groups in total. The first-order chi connectivity index (χ1) is 8.58. The Morgan fingerprint density at radius 3 is 2.42 bits per heavy atom. The van der Waals surface area contributed by atoms with Crippen LogP contribution in [-0.2, 0) is 6.54 Å². The Balaban J connectivity index is 2.83. The van der Waals surface area contributed by atoms with E-state index in [2.05, 4.69) is 10.3 Å². The van der Waals surface area contributed by atoms with Crippen LogP contribution in [0.15, 0.2) is 18.3 Å². The van der Waals surface area contributed by atoms with E-state index in [0.717, 1.165) is 10.5 Å². The quantitative estimate of drug-likeness (QED) is 0.915. The third-order valence-corrected chi connectivity index (χ3v) is 2.45. The normalized spacial score (nSPS) is 12.6. The van der Waals surface area contributed by atoms with Crippen LogP contribution in [0.5, 0.6) is 0 Å². The van der Waals surface area contributed by atoms with E-state index < -0.39 is 12.7 Å². The van der Waals surface area contributed by atoms with Crippen LogP contribution in [0.25, 0.3) is 0 Å². The Hall–Kier alpha value is -1.30. The summed E-state index contributed by atoms with van der Waals surface area (Å²) in [5, 5.41) is 3.25. The van der Waals surface area contributed by atoms with Crippen molar-refractivity contribution in [2.75, 3.05) is 18.5 Å². The Labute approximate surface area is 111 Å². The fraction of sp³-hybridized carbons (Fsp3) is 0.615. The van der Waals surface area contributed by atoms with Gasteiger partial charge in [-0.05, 0) is 26.8 Å². The van der Waals surface area contributed by atoms with Crippen LogP contribution in [0.3, 0.4) is 0 Å². The van der Waals surface area contributed by atoms with Crippen LogP contribution in [0.2, 0.25) is 0 Å². The number of anilines is 1. The highest BCUT2D eigenvalue weighted by Gasteiger charge is 2.30. The minimum atomic E-state index is -4.24. The summed E-state index contributed by atoms with van der Waals surface area (Å²) in [4.78, 5) is 5.17. The lowest BCUT2D eigenvalue weighted by Crippen LogP contribution is -2.36. The molecule has 0 aliphatic rings. The molecule has 0 amide bonds. The molecule has 1 aromatic heterocycles. The Morgan fingerprint density at radius 2 is 1.89 bits per heavy atom. The van der Waals surface area contributed by atoms with Gasteiger partial charge in [-0.2, -0.15) is 13.2 Å². The molecule has 0 bridgehead atoms. The first kappa shape index (κ1) is 15.8. The molecular weight excluding hydrogens is 255 g/mol. The number of pyridine rings is 1. The molecule has 0 aliphatic carbocycles. The molecule has 108 valence electrons. The molecule has 3 nitrogen and oxygen atoms in total. The van der Waals surface area contributed by atoms with Gasteiger partial charge in [-0.3, -0.25) is 0 Å². The minimum absolute atomic E-state index is 0.101. The van der Waals surface area contributed by atoms with E-state index in [1.807, 2.05) is 20.8 Å². The molecule has 19 heavy (non-hydrogen) atoms. The van der Waals surface area contributed by atoms with Crippen molar-refractivity contribution in [3.63, 3.8) is 0 Å². The first-order valence-corrected chi connectivity index (χ1v) is 6.05. The summed E-state index contributed by atoms with van der Waals surface area (Å²) in [5.74, 6) is 0.358. The average Bonchev–Trinajstić information content (AvgIpc) is 2.23. The van der Waals surface area contributed by atoms with Gasteiger partial charge in [-0.25, -0.2) is 4.98 Å². The van der Waals surface area contributed by atoms with Gasteiger partial charge in [0.25, 0.3) is 0 Å². The average molecular weight is 275 g/mol. The number of hydrogen-bond donors (Lipinski definition) is 1. The number of halogens is 3. The predicted molar refractivity (Wildman–Crippen MR) is 70.2 cm³/mol. The zero-order valence-corrected chi connectivity index (χ0v) is 11.7. The second-order valence-corrected chi connectivity index (χ2v) is 5.56. The monoisotopic (exact) mass is 275 g/mol. The van der Waals surface area contributed by atoms with Gasteiger partial charge in [0.05, 0.1) is 0 Å². The fourth-order valence-electron chi connectivity index (χ4n) is 1.62. The molecule has 0 radical (unpaired) electrons. The van der Waals surface area contributed by atoms with Crippen molar-refractivity contribution in [3.05, 3.63) is 23.9 Å². The van der Waals surface area contributed by atoms with E-state index >= 15 is 0 Å². The van der Waals surface area contributed by atoms with Gasteiger partial charge in [-0.1, -0.05) is 6.07 Å². The Morgan fingerprint density at radius 1 is 1.26 bits per heavy atom.